The number of benzene rings is 2. The van der Waals surface area contributed by atoms with Crippen LogP contribution in [0, 0.1) is 19.7 Å². The van der Waals surface area contributed by atoms with Gasteiger partial charge in [-0.05, 0) is 37.1 Å². The Balaban J connectivity index is 1.89. The molecule has 0 fully saturated rings. The second kappa shape index (κ2) is 8.18. The Morgan fingerprint density at radius 1 is 1.00 bits per heavy atom. The van der Waals surface area contributed by atoms with Crippen LogP contribution in [0.3, 0.4) is 0 Å². The second-order valence-electron chi connectivity index (χ2n) is 6.12. The molecular weight excluding hydrogens is 392 g/mol. The van der Waals surface area contributed by atoms with Gasteiger partial charge in [0.15, 0.2) is 10.9 Å². The molecule has 0 saturated heterocycles. The van der Waals surface area contributed by atoms with Gasteiger partial charge < -0.3 is 4.74 Å². The van der Waals surface area contributed by atoms with Crippen LogP contribution in [0.15, 0.2) is 53.7 Å². The maximum absolute atomic E-state index is 13.7. The number of aryl methyl sites for hydroxylation is 2. The molecule has 2 aromatic carbocycles. The van der Waals surface area contributed by atoms with Crippen molar-refractivity contribution in [1.82, 2.24) is 9.97 Å². The summed E-state index contributed by atoms with van der Waals surface area (Å²) < 4.78 is 59.0. The van der Waals surface area contributed by atoms with Crippen LogP contribution in [0.25, 0.3) is 0 Å². The van der Waals surface area contributed by atoms with Crippen LogP contribution in [0.1, 0.15) is 22.4 Å². The zero-order chi connectivity index (χ0) is 20.3. The van der Waals surface area contributed by atoms with E-state index in [0.717, 1.165) is 29.0 Å². The highest BCUT2D eigenvalue weighted by atomic mass is 32.2. The minimum absolute atomic E-state index is 0.0942. The standard InChI is InChI=1S/C20H16F4N2OS/c1-12-7-8-16(13(2)9-12)27-18-10-17(20(22,23)24)25-19(26-18)28-11-14-5-3-4-6-15(14)21/h3-10H,11H2,1-2H3. The molecule has 3 nitrogen and oxygen atoms in total. The Bertz CT molecular complexity index is 992. The third-order valence-corrected chi connectivity index (χ3v) is 4.73. The molecule has 0 spiro atoms. The first-order valence-electron chi connectivity index (χ1n) is 8.30. The summed E-state index contributed by atoms with van der Waals surface area (Å²) in [5.41, 5.74) is 1.01. The van der Waals surface area contributed by atoms with Crippen molar-refractivity contribution in [2.45, 2.75) is 30.9 Å². The highest BCUT2D eigenvalue weighted by Crippen LogP contribution is 2.34. The van der Waals surface area contributed by atoms with Gasteiger partial charge in [-0.3, -0.25) is 0 Å². The van der Waals surface area contributed by atoms with Gasteiger partial charge >= 0.3 is 6.18 Å². The van der Waals surface area contributed by atoms with Crippen molar-refractivity contribution in [2.24, 2.45) is 0 Å². The van der Waals surface area contributed by atoms with Crippen molar-refractivity contribution in [3.8, 4) is 11.6 Å². The van der Waals surface area contributed by atoms with Gasteiger partial charge in [0.05, 0.1) is 0 Å². The van der Waals surface area contributed by atoms with Gasteiger partial charge in [-0.25, -0.2) is 9.37 Å². The zero-order valence-electron chi connectivity index (χ0n) is 15.0. The molecule has 0 aliphatic carbocycles. The fraction of sp³-hybridized carbons (Fsp3) is 0.200. The normalized spacial score (nSPS) is 11.5. The van der Waals surface area contributed by atoms with E-state index in [0.29, 0.717) is 11.3 Å². The lowest BCUT2D eigenvalue weighted by molar-refractivity contribution is -0.141. The molecule has 1 heterocycles. The van der Waals surface area contributed by atoms with Crippen molar-refractivity contribution >= 4 is 11.8 Å². The predicted octanol–water partition coefficient (Wildman–Crippen LogP) is 6.34. The van der Waals surface area contributed by atoms with E-state index in [1.54, 1.807) is 37.3 Å². The monoisotopic (exact) mass is 408 g/mol. The fourth-order valence-electron chi connectivity index (χ4n) is 2.45. The number of rotatable bonds is 5. The molecule has 28 heavy (non-hydrogen) atoms. The molecule has 1 aromatic heterocycles. The smallest absolute Gasteiger partial charge is 0.433 e. The van der Waals surface area contributed by atoms with Crippen LogP contribution in [0.5, 0.6) is 11.6 Å². The minimum Gasteiger partial charge on any atom is -0.439 e. The summed E-state index contributed by atoms with van der Waals surface area (Å²) >= 11 is 0.907. The molecule has 0 radical (unpaired) electrons. The van der Waals surface area contributed by atoms with E-state index in [-0.39, 0.29) is 16.8 Å². The van der Waals surface area contributed by atoms with Gasteiger partial charge in [0.1, 0.15) is 11.6 Å². The Morgan fingerprint density at radius 2 is 1.75 bits per heavy atom. The minimum atomic E-state index is -4.66. The van der Waals surface area contributed by atoms with E-state index < -0.39 is 17.7 Å². The number of nitrogens with zero attached hydrogens (tertiary/aromatic N) is 2. The molecule has 0 bridgehead atoms. The number of hydrogen-bond donors (Lipinski definition) is 0. The summed E-state index contributed by atoms with van der Waals surface area (Å²) in [4.78, 5) is 7.61. The Morgan fingerprint density at radius 3 is 2.43 bits per heavy atom. The van der Waals surface area contributed by atoms with Crippen LogP contribution < -0.4 is 4.74 Å². The van der Waals surface area contributed by atoms with Crippen LogP contribution in [-0.2, 0) is 11.9 Å². The van der Waals surface area contributed by atoms with Crippen LogP contribution in [-0.4, -0.2) is 9.97 Å². The summed E-state index contributed by atoms with van der Waals surface area (Å²) in [5.74, 6) is -0.154. The molecular formula is C20H16F4N2OS. The molecule has 0 saturated carbocycles. The maximum Gasteiger partial charge on any atom is 0.433 e. The molecule has 146 valence electrons. The second-order valence-corrected chi connectivity index (χ2v) is 7.07. The number of thioether (sulfide) groups is 1. The van der Waals surface area contributed by atoms with Crippen LogP contribution >= 0.6 is 11.8 Å². The topological polar surface area (TPSA) is 35.0 Å². The lowest BCUT2D eigenvalue weighted by Gasteiger charge is -2.12. The summed E-state index contributed by atoms with van der Waals surface area (Å²) in [5, 5.41) is -0.141. The maximum atomic E-state index is 13.7. The number of alkyl halides is 3. The van der Waals surface area contributed by atoms with Crippen molar-refractivity contribution in [2.75, 3.05) is 0 Å². The van der Waals surface area contributed by atoms with Crippen LogP contribution in [0.2, 0.25) is 0 Å². The van der Waals surface area contributed by atoms with E-state index in [1.165, 1.54) is 6.07 Å². The quantitative estimate of drug-likeness (QED) is 0.280. The van der Waals surface area contributed by atoms with Crippen molar-refractivity contribution in [1.29, 1.82) is 0 Å². The first-order valence-corrected chi connectivity index (χ1v) is 9.28. The molecule has 3 rings (SSSR count). The molecule has 0 aliphatic heterocycles. The van der Waals surface area contributed by atoms with Gasteiger partial charge in [-0.2, -0.15) is 18.2 Å². The third-order valence-electron chi connectivity index (χ3n) is 3.83. The van der Waals surface area contributed by atoms with E-state index >= 15 is 0 Å². The Hall–Kier alpha value is -2.61. The van der Waals surface area contributed by atoms with Gasteiger partial charge in [0.2, 0.25) is 5.88 Å². The van der Waals surface area contributed by atoms with E-state index in [1.807, 2.05) is 13.0 Å². The van der Waals surface area contributed by atoms with E-state index in [2.05, 4.69) is 9.97 Å². The predicted molar refractivity (Wildman–Crippen MR) is 99.0 cm³/mol. The molecule has 0 atom stereocenters. The van der Waals surface area contributed by atoms with Crippen molar-refractivity contribution in [3.63, 3.8) is 0 Å². The van der Waals surface area contributed by atoms with E-state index in [9.17, 15) is 17.6 Å². The highest BCUT2D eigenvalue weighted by molar-refractivity contribution is 7.98. The van der Waals surface area contributed by atoms with E-state index in [4.69, 9.17) is 4.74 Å². The van der Waals surface area contributed by atoms with Crippen LogP contribution in [0.4, 0.5) is 17.6 Å². The summed E-state index contributed by atoms with van der Waals surface area (Å²) in [6.07, 6.45) is -4.66. The molecule has 0 amide bonds. The van der Waals surface area contributed by atoms with Crippen molar-refractivity contribution < 1.29 is 22.3 Å². The number of hydrogen-bond acceptors (Lipinski definition) is 4. The summed E-state index contributed by atoms with van der Waals surface area (Å²) in [7, 11) is 0. The number of halogens is 4. The molecule has 3 aromatic rings. The Labute approximate surface area is 163 Å². The average molecular weight is 408 g/mol. The zero-order valence-corrected chi connectivity index (χ0v) is 15.9. The first kappa shape index (κ1) is 20.1. The molecule has 0 N–H and O–H groups in total. The fourth-order valence-corrected chi connectivity index (χ4v) is 3.29. The SMILES string of the molecule is Cc1ccc(Oc2cc(C(F)(F)F)nc(SCc3ccccc3F)n2)c(C)c1. The van der Waals surface area contributed by atoms with Crippen molar-refractivity contribution in [3.05, 3.63) is 76.7 Å². The third kappa shape index (κ3) is 5.01. The number of aromatic nitrogens is 2. The molecule has 8 heteroatoms. The van der Waals surface area contributed by atoms with Gasteiger partial charge in [0.25, 0.3) is 0 Å². The van der Waals surface area contributed by atoms with Gasteiger partial charge in [0, 0.05) is 11.8 Å². The first-order chi connectivity index (χ1) is 13.2. The Kier molecular flexibility index (Phi) is 5.88. The van der Waals surface area contributed by atoms with Gasteiger partial charge in [-0.15, -0.1) is 0 Å². The highest BCUT2D eigenvalue weighted by Gasteiger charge is 2.34. The average Bonchev–Trinajstić information content (AvgIpc) is 2.62. The summed E-state index contributed by atoms with van der Waals surface area (Å²) in [6, 6.07) is 12.1. The molecule has 0 unspecified atom stereocenters. The van der Waals surface area contributed by atoms with Gasteiger partial charge in [-0.1, -0.05) is 47.7 Å². The largest absolute Gasteiger partial charge is 0.439 e. The summed E-state index contributed by atoms with van der Waals surface area (Å²) in [6.45, 7) is 3.70. The lowest BCUT2D eigenvalue weighted by atomic mass is 10.1. The lowest BCUT2D eigenvalue weighted by Crippen LogP contribution is -2.10. The molecule has 0 aliphatic rings. The number of ether oxygens (including phenoxy) is 1.